The van der Waals surface area contributed by atoms with Crippen molar-refractivity contribution in [2.45, 2.75) is 31.5 Å². The number of aliphatic carboxylic acids is 1. The van der Waals surface area contributed by atoms with Gasteiger partial charge in [0.25, 0.3) is 0 Å². The van der Waals surface area contributed by atoms with Gasteiger partial charge in [-0.05, 0) is 25.4 Å². The van der Waals surface area contributed by atoms with Crippen LogP contribution in [0.15, 0.2) is 0 Å². The molecule has 0 saturated carbocycles. The molecule has 24 heavy (non-hydrogen) atoms. The first-order valence-electron chi connectivity index (χ1n) is 7.18. The SMILES string of the molecule is CSCCC(N)C(=O)NCC(=O)NC(C)C(=O)NC(CO)C(=O)O. The lowest BCUT2D eigenvalue weighted by Gasteiger charge is -2.17. The zero-order valence-electron chi connectivity index (χ0n) is 13.6. The summed E-state index contributed by atoms with van der Waals surface area (Å²) in [6, 6.07) is -3.20. The Balaban J connectivity index is 4.24. The Hall–Kier alpha value is -1.85. The zero-order chi connectivity index (χ0) is 18.7. The van der Waals surface area contributed by atoms with Crippen molar-refractivity contribution in [3.63, 3.8) is 0 Å². The molecule has 0 aromatic carbocycles. The number of aliphatic hydroxyl groups excluding tert-OH is 1. The third kappa shape index (κ3) is 8.70. The van der Waals surface area contributed by atoms with Gasteiger partial charge in [0.2, 0.25) is 17.7 Å². The maximum Gasteiger partial charge on any atom is 0.328 e. The van der Waals surface area contributed by atoms with Gasteiger partial charge in [0.1, 0.15) is 12.1 Å². The molecule has 0 aliphatic heterocycles. The van der Waals surface area contributed by atoms with Gasteiger partial charge in [0.15, 0.2) is 0 Å². The molecule has 7 N–H and O–H groups in total. The van der Waals surface area contributed by atoms with E-state index in [0.29, 0.717) is 12.2 Å². The number of hydrogen-bond acceptors (Lipinski definition) is 7. The Kier molecular flexibility index (Phi) is 10.8. The standard InChI is InChI=1S/C13H24N4O6S/c1-7(11(20)17-9(6-18)13(22)23)16-10(19)5-15-12(21)8(14)3-4-24-2/h7-9,18H,3-6,14H2,1-2H3,(H,15,21)(H,16,19)(H,17,20)(H,22,23). The summed E-state index contributed by atoms with van der Waals surface area (Å²) in [7, 11) is 0. The molecule has 0 aromatic rings. The largest absolute Gasteiger partial charge is 0.480 e. The first-order valence-corrected chi connectivity index (χ1v) is 8.57. The first-order chi connectivity index (χ1) is 11.2. The lowest BCUT2D eigenvalue weighted by molar-refractivity contribution is -0.143. The summed E-state index contributed by atoms with van der Waals surface area (Å²) < 4.78 is 0. The summed E-state index contributed by atoms with van der Waals surface area (Å²) in [6.07, 6.45) is 2.36. The van der Waals surface area contributed by atoms with E-state index in [1.165, 1.54) is 6.92 Å². The molecule has 3 unspecified atom stereocenters. The van der Waals surface area contributed by atoms with Crippen molar-refractivity contribution in [1.82, 2.24) is 16.0 Å². The molecule has 0 rings (SSSR count). The molecule has 0 aliphatic carbocycles. The summed E-state index contributed by atoms with van der Waals surface area (Å²) in [5, 5.41) is 24.3. The van der Waals surface area contributed by atoms with E-state index in [2.05, 4.69) is 16.0 Å². The molecule has 0 fully saturated rings. The first kappa shape index (κ1) is 22.1. The third-order valence-electron chi connectivity index (χ3n) is 2.96. The molecule has 0 saturated heterocycles. The Morgan fingerprint density at radius 2 is 1.79 bits per heavy atom. The van der Waals surface area contributed by atoms with Gasteiger partial charge in [0.05, 0.1) is 19.2 Å². The fourth-order valence-electron chi connectivity index (χ4n) is 1.51. The molecule has 138 valence electrons. The average molecular weight is 364 g/mol. The number of nitrogens with two attached hydrogens (primary N) is 1. The van der Waals surface area contributed by atoms with Crippen molar-refractivity contribution < 1.29 is 29.4 Å². The highest BCUT2D eigenvalue weighted by molar-refractivity contribution is 7.98. The van der Waals surface area contributed by atoms with E-state index < -0.39 is 48.4 Å². The molecule has 3 amide bonds. The Morgan fingerprint density at radius 3 is 2.29 bits per heavy atom. The quantitative estimate of drug-likeness (QED) is 0.229. The molecule has 0 aliphatic rings. The van der Waals surface area contributed by atoms with E-state index in [4.69, 9.17) is 15.9 Å². The normalized spacial score (nSPS) is 14.2. The van der Waals surface area contributed by atoms with E-state index in [9.17, 15) is 19.2 Å². The van der Waals surface area contributed by atoms with Crippen molar-refractivity contribution in [2.75, 3.05) is 25.2 Å². The summed E-state index contributed by atoms with van der Waals surface area (Å²) in [6.45, 7) is 0.215. The highest BCUT2D eigenvalue weighted by Gasteiger charge is 2.23. The number of aliphatic hydroxyl groups is 1. The van der Waals surface area contributed by atoms with E-state index in [0.717, 1.165) is 0 Å². The van der Waals surface area contributed by atoms with E-state index in [1.807, 2.05) is 6.26 Å². The van der Waals surface area contributed by atoms with Crippen molar-refractivity contribution in [3.8, 4) is 0 Å². The monoisotopic (exact) mass is 364 g/mol. The van der Waals surface area contributed by atoms with Crippen LogP contribution >= 0.6 is 11.8 Å². The molecule has 0 heterocycles. The molecule has 0 spiro atoms. The topological polar surface area (TPSA) is 171 Å². The van der Waals surface area contributed by atoms with Crippen molar-refractivity contribution >= 4 is 35.5 Å². The van der Waals surface area contributed by atoms with E-state index in [-0.39, 0.29) is 6.54 Å². The Bertz CT molecular complexity index is 462. The second-order valence-corrected chi connectivity index (χ2v) is 5.96. The van der Waals surface area contributed by atoms with Gasteiger partial charge in [-0.2, -0.15) is 11.8 Å². The van der Waals surface area contributed by atoms with Gasteiger partial charge < -0.3 is 31.9 Å². The van der Waals surface area contributed by atoms with Gasteiger partial charge >= 0.3 is 5.97 Å². The number of carboxylic acid groups (broad SMARTS) is 1. The Morgan fingerprint density at radius 1 is 1.17 bits per heavy atom. The number of nitrogens with one attached hydrogen (secondary N) is 3. The number of carbonyl (C=O) groups excluding carboxylic acids is 3. The van der Waals surface area contributed by atoms with Crippen LogP contribution in [0.25, 0.3) is 0 Å². The van der Waals surface area contributed by atoms with Crippen LogP contribution in [0, 0.1) is 0 Å². The van der Waals surface area contributed by atoms with Crippen LogP contribution in [0.5, 0.6) is 0 Å². The minimum Gasteiger partial charge on any atom is -0.480 e. The molecule has 0 bridgehead atoms. The van der Waals surface area contributed by atoms with E-state index in [1.54, 1.807) is 11.8 Å². The maximum atomic E-state index is 11.7. The molecular weight excluding hydrogens is 340 g/mol. The number of carbonyl (C=O) groups is 4. The predicted molar refractivity (Wildman–Crippen MR) is 88.2 cm³/mol. The summed E-state index contributed by atoms with van der Waals surface area (Å²) in [5.74, 6) is -2.54. The van der Waals surface area contributed by atoms with Crippen LogP contribution in [-0.4, -0.2) is 77.2 Å². The number of rotatable bonds is 11. The third-order valence-corrected chi connectivity index (χ3v) is 3.60. The number of amides is 3. The molecule has 3 atom stereocenters. The maximum absolute atomic E-state index is 11.7. The highest BCUT2D eigenvalue weighted by Crippen LogP contribution is 1.98. The van der Waals surface area contributed by atoms with Crippen LogP contribution in [0.1, 0.15) is 13.3 Å². The molecule has 0 aromatic heterocycles. The average Bonchev–Trinajstić information content (AvgIpc) is 2.54. The van der Waals surface area contributed by atoms with Crippen LogP contribution in [0.2, 0.25) is 0 Å². The van der Waals surface area contributed by atoms with Crippen molar-refractivity contribution in [1.29, 1.82) is 0 Å². The van der Waals surface area contributed by atoms with Crippen LogP contribution in [0.3, 0.4) is 0 Å². The molecule has 0 radical (unpaired) electrons. The van der Waals surface area contributed by atoms with Gasteiger partial charge in [-0.25, -0.2) is 4.79 Å². The minimum atomic E-state index is -1.45. The zero-order valence-corrected chi connectivity index (χ0v) is 14.4. The van der Waals surface area contributed by atoms with Crippen LogP contribution < -0.4 is 21.7 Å². The molecular formula is C13H24N4O6S. The fourth-order valence-corrected chi connectivity index (χ4v) is 2.00. The van der Waals surface area contributed by atoms with Crippen molar-refractivity contribution in [2.24, 2.45) is 5.73 Å². The number of thioether (sulfide) groups is 1. The summed E-state index contributed by atoms with van der Waals surface area (Å²) in [5.41, 5.74) is 5.64. The van der Waals surface area contributed by atoms with Crippen molar-refractivity contribution in [3.05, 3.63) is 0 Å². The summed E-state index contributed by atoms with van der Waals surface area (Å²) >= 11 is 1.55. The fraction of sp³-hybridized carbons (Fsp3) is 0.692. The molecule has 11 heteroatoms. The molecule has 10 nitrogen and oxygen atoms in total. The second kappa shape index (κ2) is 11.6. The van der Waals surface area contributed by atoms with Gasteiger partial charge in [-0.1, -0.05) is 0 Å². The second-order valence-electron chi connectivity index (χ2n) is 4.98. The smallest absolute Gasteiger partial charge is 0.328 e. The minimum absolute atomic E-state index is 0.355. The van der Waals surface area contributed by atoms with Crippen LogP contribution in [0.4, 0.5) is 0 Å². The van der Waals surface area contributed by atoms with Gasteiger partial charge in [-0.3, -0.25) is 14.4 Å². The Labute approximate surface area is 143 Å². The highest BCUT2D eigenvalue weighted by atomic mass is 32.2. The lowest BCUT2D eigenvalue weighted by atomic mass is 10.2. The van der Waals surface area contributed by atoms with Gasteiger partial charge in [-0.15, -0.1) is 0 Å². The van der Waals surface area contributed by atoms with Gasteiger partial charge in [0, 0.05) is 0 Å². The number of carboxylic acids is 1. The lowest BCUT2D eigenvalue weighted by Crippen LogP contribution is -2.53. The predicted octanol–water partition coefficient (Wildman–Crippen LogP) is -2.75. The number of hydrogen-bond donors (Lipinski definition) is 6. The van der Waals surface area contributed by atoms with E-state index >= 15 is 0 Å². The summed E-state index contributed by atoms with van der Waals surface area (Å²) in [4.78, 5) is 45.7. The van der Waals surface area contributed by atoms with Crippen LogP contribution in [-0.2, 0) is 19.2 Å².